The van der Waals surface area contributed by atoms with Crippen LogP contribution < -0.4 is 5.32 Å². The fourth-order valence-electron chi connectivity index (χ4n) is 1.44. The monoisotopic (exact) mass is 230 g/mol. The average Bonchev–Trinajstić information content (AvgIpc) is 2.29. The highest BCUT2D eigenvalue weighted by atomic mass is 16.2. The highest BCUT2D eigenvalue weighted by molar-refractivity contribution is 5.97. The van der Waals surface area contributed by atoms with Crippen molar-refractivity contribution in [3.8, 4) is 6.07 Å². The third kappa shape index (κ3) is 3.07. The van der Waals surface area contributed by atoms with Crippen LogP contribution in [0.5, 0.6) is 0 Å². The van der Waals surface area contributed by atoms with E-state index in [2.05, 4.69) is 19.2 Å². The van der Waals surface area contributed by atoms with Gasteiger partial charge in [0.25, 0.3) is 0 Å². The van der Waals surface area contributed by atoms with Crippen LogP contribution in [0.2, 0.25) is 0 Å². The van der Waals surface area contributed by atoms with Crippen LogP contribution in [0.4, 0.5) is 5.69 Å². The lowest BCUT2D eigenvalue weighted by molar-refractivity contribution is -0.121. The molecule has 0 atom stereocenters. The first-order valence-electron chi connectivity index (χ1n) is 5.70. The molecule has 17 heavy (non-hydrogen) atoms. The van der Waals surface area contributed by atoms with Crippen LogP contribution in [0.1, 0.15) is 39.2 Å². The van der Waals surface area contributed by atoms with Crippen molar-refractivity contribution in [1.29, 1.82) is 5.26 Å². The van der Waals surface area contributed by atoms with Crippen LogP contribution in [0.15, 0.2) is 24.3 Å². The Labute approximate surface area is 102 Å². The summed E-state index contributed by atoms with van der Waals surface area (Å²) in [7, 11) is 0. The number of anilines is 1. The van der Waals surface area contributed by atoms with E-state index < -0.39 is 5.41 Å². The molecule has 0 bridgehead atoms. The van der Waals surface area contributed by atoms with Gasteiger partial charge in [0.05, 0.1) is 6.07 Å². The molecule has 0 aliphatic carbocycles. The van der Waals surface area contributed by atoms with Gasteiger partial charge in [-0.1, -0.05) is 32.0 Å². The van der Waals surface area contributed by atoms with Gasteiger partial charge in [-0.05, 0) is 31.4 Å². The molecular formula is C14H18N2O. The predicted molar refractivity (Wildman–Crippen MR) is 68.6 cm³/mol. The summed E-state index contributed by atoms with van der Waals surface area (Å²) in [5.74, 6) is 0.0600. The summed E-state index contributed by atoms with van der Waals surface area (Å²) in [4.78, 5) is 11.9. The van der Waals surface area contributed by atoms with Gasteiger partial charge in [0.15, 0.2) is 0 Å². The Balaban J connectivity index is 2.98. The second-order valence-electron chi connectivity index (χ2n) is 4.93. The van der Waals surface area contributed by atoms with E-state index in [4.69, 9.17) is 5.26 Å². The molecule has 0 radical (unpaired) electrons. The van der Waals surface area contributed by atoms with E-state index in [9.17, 15) is 4.79 Å². The SMILES string of the molecule is CC(C)c1ccccc1NC(=O)C(C)(C)C#N. The van der Waals surface area contributed by atoms with Gasteiger partial charge in [-0.25, -0.2) is 0 Å². The molecule has 0 saturated carbocycles. The number of hydrogen-bond donors (Lipinski definition) is 1. The quantitative estimate of drug-likeness (QED) is 0.866. The van der Waals surface area contributed by atoms with Gasteiger partial charge >= 0.3 is 0 Å². The summed E-state index contributed by atoms with van der Waals surface area (Å²) in [5, 5.41) is 11.7. The molecule has 0 heterocycles. The molecule has 1 rings (SSSR count). The van der Waals surface area contributed by atoms with Crippen molar-refractivity contribution < 1.29 is 4.79 Å². The molecule has 3 nitrogen and oxygen atoms in total. The van der Waals surface area contributed by atoms with Gasteiger partial charge in [0.2, 0.25) is 5.91 Å². The minimum absolute atomic E-state index is 0.270. The minimum atomic E-state index is -1.01. The molecule has 1 aromatic rings. The van der Waals surface area contributed by atoms with Gasteiger partial charge in [0.1, 0.15) is 5.41 Å². The van der Waals surface area contributed by atoms with Gasteiger partial charge in [-0.2, -0.15) is 5.26 Å². The summed E-state index contributed by atoms with van der Waals surface area (Å²) in [6.07, 6.45) is 0. The maximum atomic E-state index is 11.9. The number of nitrogens with zero attached hydrogens (tertiary/aromatic N) is 1. The number of para-hydroxylation sites is 1. The lowest BCUT2D eigenvalue weighted by atomic mass is 9.94. The van der Waals surface area contributed by atoms with Crippen molar-refractivity contribution in [3.63, 3.8) is 0 Å². The number of hydrogen-bond acceptors (Lipinski definition) is 2. The summed E-state index contributed by atoms with van der Waals surface area (Å²) >= 11 is 0. The van der Waals surface area contributed by atoms with Crippen LogP contribution in [0.3, 0.4) is 0 Å². The van der Waals surface area contributed by atoms with Crippen LogP contribution in [-0.4, -0.2) is 5.91 Å². The lowest BCUT2D eigenvalue weighted by Crippen LogP contribution is -2.29. The first-order valence-corrected chi connectivity index (χ1v) is 5.70. The number of carbonyl (C=O) groups excluding carboxylic acids is 1. The molecule has 0 aliphatic rings. The summed E-state index contributed by atoms with van der Waals surface area (Å²) in [6.45, 7) is 7.36. The van der Waals surface area contributed by atoms with Crippen LogP contribution >= 0.6 is 0 Å². The first kappa shape index (κ1) is 13.2. The number of rotatable bonds is 3. The van der Waals surface area contributed by atoms with E-state index >= 15 is 0 Å². The van der Waals surface area contributed by atoms with E-state index in [1.54, 1.807) is 13.8 Å². The number of carbonyl (C=O) groups is 1. The Hall–Kier alpha value is -1.82. The summed E-state index contributed by atoms with van der Waals surface area (Å²) in [6, 6.07) is 9.67. The van der Waals surface area contributed by atoms with Gasteiger partial charge in [-0.3, -0.25) is 4.79 Å². The Bertz CT molecular complexity index is 456. The Morgan fingerprint density at radius 1 is 1.35 bits per heavy atom. The topological polar surface area (TPSA) is 52.9 Å². The molecule has 0 aliphatic heterocycles. The fourth-order valence-corrected chi connectivity index (χ4v) is 1.44. The first-order chi connectivity index (χ1) is 7.88. The summed E-state index contributed by atoms with van der Waals surface area (Å²) < 4.78 is 0. The molecule has 3 heteroatoms. The van der Waals surface area contributed by atoms with Crippen molar-refractivity contribution in [2.45, 2.75) is 33.6 Å². The number of nitrogens with one attached hydrogen (secondary N) is 1. The maximum Gasteiger partial charge on any atom is 0.244 e. The molecule has 1 amide bonds. The van der Waals surface area contributed by atoms with Gasteiger partial charge < -0.3 is 5.32 Å². The second-order valence-corrected chi connectivity index (χ2v) is 4.93. The Morgan fingerprint density at radius 2 is 1.94 bits per heavy atom. The standard InChI is InChI=1S/C14H18N2O/c1-10(2)11-7-5-6-8-12(11)16-13(17)14(3,4)9-15/h5-8,10H,1-4H3,(H,16,17). The third-order valence-corrected chi connectivity index (χ3v) is 2.68. The molecule has 1 aromatic carbocycles. The maximum absolute atomic E-state index is 11.9. The molecule has 0 saturated heterocycles. The lowest BCUT2D eigenvalue weighted by Gasteiger charge is -2.18. The smallest absolute Gasteiger partial charge is 0.244 e. The zero-order valence-electron chi connectivity index (χ0n) is 10.7. The zero-order valence-corrected chi connectivity index (χ0v) is 10.7. The van der Waals surface area contributed by atoms with E-state index in [0.717, 1.165) is 11.3 Å². The second kappa shape index (κ2) is 5.01. The minimum Gasteiger partial charge on any atom is -0.324 e. The zero-order chi connectivity index (χ0) is 13.1. The number of nitriles is 1. The van der Waals surface area contributed by atoms with E-state index in [1.807, 2.05) is 30.3 Å². The van der Waals surface area contributed by atoms with Crippen molar-refractivity contribution in [1.82, 2.24) is 0 Å². The normalized spacial score (nSPS) is 11.1. The van der Waals surface area contributed by atoms with Crippen molar-refractivity contribution in [2.75, 3.05) is 5.32 Å². The Morgan fingerprint density at radius 3 is 2.47 bits per heavy atom. The number of amides is 1. The van der Waals surface area contributed by atoms with E-state index in [0.29, 0.717) is 5.92 Å². The van der Waals surface area contributed by atoms with E-state index in [1.165, 1.54) is 0 Å². The van der Waals surface area contributed by atoms with Crippen molar-refractivity contribution in [2.24, 2.45) is 5.41 Å². The van der Waals surface area contributed by atoms with Gasteiger partial charge in [0, 0.05) is 5.69 Å². The molecule has 0 aromatic heterocycles. The average molecular weight is 230 g/mol. The highest BCUT2D eigenvalue weighted by Crippen LogP contribution is 2.25. The van der Waals surface area contributed by atoms with Crippen molar-refractivity contribution >= 4 is 11.6 Å². The molecule has 0 spiro atoms. The van der Waals surface area contributed by atoms with Crippen LogP contribution in [0, 0.1) is 16.7 Å². The van der Waals surface area contributed by atoms with E-state index in [-0.39, 0.29) is 5.91 Å². The molecule has 1 N–H and O–H groups in total. The summed E-state index contributed by atoms with van der Waals surface area (Å²) in [5.41, 5.74) is 0.856. The molecule has 0 unspecified atom stereocenters. The molecular weight excluding hydrogens is 212 g/mol. The Kier molecular flexibility index (Phi) is 3.90. The molecule has 90 valence electrons. The molecule has 0 fully saturated rings. The van der Waals surface area contributed by atoms with Crippen molar-refractivity contribution in [3.05, 3.63) is 29.8 Å². The number of benzene rings is 1. The van der Waals surface area contributed by atoms with Crippen LogP contribution in [0.25, 0.3) is 0 Å². The van der Waals surface area contributed by atoms with Crippen LogP contribution in [-0.2, 0) is 4.79 Å². The third-order valence-electron chi connectivity index (χ3n) is 2.68. The predicted octanol–water partition coefficient (Wildman–Crippen LogP) is 3.30. The highest BCUT2D eigenvalue weighted by Gasteiger charge is 2.27. The fraction of sp³-hybridized carbons (Fsp3) is 0.429. The largest absolute Gasteiger partial charge is 0.324 e. The van der Waals surface area contributed by atoms with Gasteiger partial charge in [-0.15, -0.1) is 0 Å².